The Hall–Kier alpha value is -0.160. The lowest BCUT2D eigenvalue weighted by atomic mass is 10.1. The van der Waals surface area contributed by atoms with Gasteiger partial charge < -0.3 is 15.1 Å². The Balaban J connectivity index is 1.63. The third-order valence-corrected chi connectivity index (χ3v) is 4.33. The van der Waals surface area contributed by atoms with E-state index in [0.717, 1.165) is 12.6 Å². The average Bonchev–Trinajstić information content (AvgIpc) is 2.39. The van der Waals surface area contributed by atoms with Crippen LogP contribution >= 0.6 is 0 Å². The summed E-state index contributed by atoms with van der Waals surface area (Å²) in [4.78, 5) is 7.70. The fraction of sp³-hybridized carbons (Fsp3) is 1.00. The number of nitrogens with one attached hydrogen (secondary N) is 1. The topological polar surface area (TPSA) is 21.8 Å². The van der Waals surface area contributed by atoms with Crippen LogP contribution in [0.4, 0.5) is 0 Å². The Bertz CT molecular complexity index is 224. The van der Waals surface area contributed by atoms with Crippen molar-refractivity contribution in [1.82, 2.24) is 20.0 Å². The second-order valence-electron chi connectivity index (χ2n) is 5.84. The molecule has 0 aromatic heterocycles. The molecular formula is C14H30N4. The summed E-state index contributed by atoms with van der Waals surface area (Å²) in [6.45, 7) is 13.4. The Morgan fingerprint density at radius 2 is 1.72 bits per heavy atom. The van der Waals surface area contributed by atoms with Gasteiger partial charge in [-0.25, -0.2) is 0 Å². The first kappa shape index (κ1) is 14.3. The van der Waals surface area contributed by atoms with Crippen molar-refractivity contribution < 1.29 is 0 Å². The summed E-state index contributed by atoms with van der Waals surface area (Å²) in [5.74, 6) is 0. The number of rotatable bonds is 5. The third kappa shape index (κ3) is 4.50. The molecule has 2 aliphatic heterocycles. The Kier molecular flexibility index (Phi) is 5.89. The lowest BCUT2D eigenvalue weighted by Crippen LogP contribution is -2.50. The zero-order valence-electron chi connectivity index (χ0n) is 12.2. The lowest BCUT2D eigenvalue weighted by Gasteiger charge is -2.36. The molecule has 18 heavy (non-hydrogen) atoms. The summed E-state index contributed by atoms with van der Waals surface area (Å²) in [7, 11) is 2.23. The molecule has 0 bridgehead atoms. The standard InChI is InChI=1S/C14H30N4/c1-3-15-14-5-4-6-18(13-14)12-11-17-9-7-16(2)8-10-17/h14-15H,3-13H2,1-2H3. The van der Waals surface area contributed by atoms with Crippen LogP contribution in [0.25, 0.3) is 0 Å². The second kappa shape index (κ2) is 7.43. The van der Waals surface area contributed by atoms with Gasteiger partial charge in [-0.3, -0.25) is 4.90 Å². The average molecular weight is 254 g/mol. The zero-order chi connectivity index (χ0) is 12.8. The number of piperazine rings is 1. The van der Waals surface area contributed by atoms with E-state index >= 15 is 0 Å². The van der Waals surface area contributed by atoms with Crippen molar-refractivity contribution in [2.45, 2.75) is 25.8 Å². The molecule has 2 aliphatic rings. The molecule has 0 aliphatic carbocycles. The van der Waals surface area contributed by atoms with E-state index in [9.17, 15) is 0 Å². The van der Waals surface area contributed by atoms with E-state index in [1.54, 1.807) is 0 Å². The second-order valence-corrected chi connectivity index (χ2v) is 5.84. The molecule has 0 radical (unpaired) electrons. The van der Waals surface area contributed by atoms with Crippen LogP contribution in [0.15, 0.2) is 0 Å². The summed E-state index contributed by atoms with van der Waals surface area (Å²) in [5, 5.41) is 3.60. The van der Waals surface area contributed by atoms with E-state index in [4.69, 9.17) is 0 Å². The fourth-order valence-electron chi connectivity index (χ4n) is 3.07. The van der Waals surface area contributed by atoms with Gasteiger partial charge in [0, 0.05) is 51.9 Å². The minimum atomic E-state index is 0.733. The molecule has 2 saturated heterocycles. The first-order valence-electron chi connectivity index (χ1n) is 7.64. The molecule has 0 aromatic carbocycles. The van der Waals surface area contributed by atoms with Crippen molar-refractivity contribution in [3.63, 3.8) is 0 Å². The van der Waals surface area contributed by atoms with Gasteiger partial charge >= 0.3 is 0 Å². The molecule has 0 spiro atoms. The SMILES string of the molecule is CCNC1CCCN(CCN2CCN(C)CC2)C1. The van der Waals surface area contributed by atoms with Crippen molar-refractivity contribution in [1.29, 1.82) is 0 Å². The van der Waals surface area contributed by atoms with Crippen LogP contribution in [0.1, 0.15) is 19.8 Å². The highest BCUT2D eigenvalue weighted by Crippen LogP contribution is 2.10. The quantitative estimate of drug-likeness (QED) is 0.762. The molecule has 106 valence electrons. The number of hydrogen-bond acceptors (Lipinski definition) is 4. The van der Waals surface area contributed by atoms with E-state index in [-0.39, 0.29) is 0 Å². The third-order valence-electron chi connectivity index (χ3n) is 4.33. The molecule has 1 atom stereocenters. The van der Waals surface area contributed by atoms with Gasteiger partial charge in [0.1, 0.15) is 0 Å². The van der Waals surface area contributed by atoms with Crippen LogP contribution in [0.5, 0.6) is 0 Å². The van der Waals surface area contributed by atoms with Gasteiger partial charge in [-0.1, -0.05) is 6.92 Å². The normalized spacial score (nSPS) is 28.7. The molecule has 0 saturated carbocycles. The van der Waals surface area contributed by atoms with Crippen molar-refractivity contribution in [3.05, 3.63) is 0 Å². The minimum absolute atomic E-state index is 0.733. The summed E-state index contributed by atoms with van der Waals surface area (Å²) in [5.41, 5.74) is 0. The maximum Gasteiger partial charge on any atom is 0.0195 e. The van der Waals surface area contributed by atoms with Gasteiger partial charge in [0.05, 0.1) is 0 Å². The molecule has 2 fully saturated rings. The number of piperidine rings is 1. The predicted molar refractivity (Wildman–Crippen MR) is 77.1 cm³/mol. The summed E-state index contributed by atoms with van der Waals surface area (Å²) in [6.07, 6.45) is 2.72. The van der Waals surface area contributed by atoms with Crippen LogP contribution in [0.3, 0.4) is 0 Å². The van der Waals surface area contributed by atoms with E-state index in [1.807, 2.05) is 0 Å². The molecule has 2 rings (SSSR count). The highest BCUT2D eigenvalue weighted by Gasteiger charge is 2.20. The monoisotopic (exact) mass is 254 g/mol. The Morgan fingerprint density at radius 3 is 2.44 bits per heavy atom. The highest BCUT2D eigenvalue weighted by molar-refractivity contribution is 4.79. The van der Waals surface area contributed by atoms with Gasteiger partial charge in [-0.15, -0.1) is 0 Å². The fourth-order valence-corrected chi connectivity index (χ4v) is 3.07. The van der Waals surface area contributed by atoms with E-state index < -0.39 is 0 Å². The minimum Gasteiger partial charge on any atom is -0.313 e. The highest BCUT2D eigenvalue weighted by atomic mass is 15.3. The predicted octanol–water partition coefficient (Wildman–Crippen LogP) is 0.308. The van der Waals surface area contributed by atoms with E-state index in [1.165, 1.54) is 65.2 Å². The summed E-state index contributed by atoms with van der Waals surface area (Å²) < 4.78 is 0. The first-order valence-corrected chi connectivity index (χ1v) is 7.64. The van der Waals surface area contributed by atoms with E-state index in [0.29, 0.717) is 0 Å². The summed E-state index contributed by atoms with van der Waals surface area (Å²) in [6, 6.07) is 0.733. The summed E-state index contributed by atoms with van der Waals surface area (Å²) >= 11 is 0. The van der Waals surface area contributed by atoms with Crippen LogP contribution in [0, 0.1) is 0 Å². The molecule has 4 nitrogen and oxygen atoms in total. The van der Waals surface area contributed by atoms with Crippen molar-refractivity contribution in [3.8, 4) is 0 Å². The Labute approximate surface area is 112 Å². The lowest BCUT2D eigenvalue weighted by molar-refractivity contribution is 0.121. The molecular weight excluding hydrogens is 224 g/mol. The molecule has 0 aromatic rings. The maximum absolute atomic E-state index is 3.60. The molecule has 1 unspecified atom stereocenters. The van der Waals surface area contributed by atoms with Crippen molar-refractivity contribution in [2.75, 3.05) is 66.0 Å². The van der Waals surface area contributed by atoms with Crippen LogP contribution < -0.4 is 5.32 Å². The largest absolute Gasteiger partial charge is 0.313 e. The van der Waals surface area contributed by atoms with Gasteiger partial charge in [0.25, 0.3) is 0 Å². The van der Waals surface area contributed by atoms with E-state index in [2.05, 4.69) is 34.0 Å². The van der Waals surface area contributed by atoms with Crippen LogP contribution in [0.2, 0.25) is 0 Å². The maximum atomic E-state index is 3.60. The molecule has 2 heterocycles. The van der Waals surface area contributed by atoms with Gasteiger partial charge in [0.15, 0.2) is 0 Å². The molecule has 0 amide bonds. The van der Waals surface area contributed by atoms with Crippen molar-refractivity contribution >= 4 is 0 Å². The van der Waals surface area contributed by atoms with Crippen molar-refractivity contribution in [2.24, 2.45) is 0 Å². The van der Waals surface area contributed by atoms with Gasteiger partial charge in [-0.2, -0.15) is 0 Å². The molecule has 4 heteroatoms. The van der Waals surface area contributed by atoms with Crippen LogP contribution in [-0.4, -0.2) is 86.7 Å². The van der Waals surface area contributed by atoms with Gasteiger partial charge in [-0.05, 0) is 33.0 Å². The molecule has 1 N–H and O–H groups in total. The number of likely N-dealkylation sites (N-methyl/N-ethyl adjacent to an activating group) is 2. The number of hydrogen-bond donors (Lipinski definition) is 1. The smallest absolute Gasteiger partial charge is 0.0195 e. The van der Waals surface area contributed by atoms with Crippen LogP contribution in [-0.2, 0) is 0 Å². The van der Waals surface area contributed by atoms with Gasteiger partial charge in [0.2, 0.25) is 0 Å². The first-order chi connectivity index (χ1) is 8.78. The zero-order valence-corrected chi connectivity index (χ0v) is 12.2. The number of nitrogens with zero attached hydrogens (tertiary/aromatic N) is 3. The Morgan fingerprint density at radius 1 is 1.00 bits per heavy atom. The number of likely N-dealkylation sites (tertiary alicyclic amines) is 1.